The number of methoxy groups -OCH3 is 2. The molecule has 1 aromatic rings. The molecule has 1 aromatic carbocycles. The molecule has 0 aliphatic rings. The fourth-order valence-electron chi connectivity index (χ4n) is 1.39. The molecule has 1 rings (SSSR count). The average Bonchev–Trinajstić information content (AvgIpc) is 2.29. The molecule has 2 N–H and O–H groups in total. The number of hydrogen-bond acceptors (Lipinski definition) is 3. The Kier molecular flexibility index (Phi) is 7.50. The van der Waals surface area contributed by atoms with Gasteiger partial charge in [-0.05, 0) is 40.0 Å². The summed E-state index contributed by atoms with van der Waals surface area (Å²) in [5, 5.41) is 0. The van der Waals surface area contributed by atoms with E-state index in [1.54, 1.807) is 26.4 Å². The van der Waals surface area contributed by atoms with Crippen molar-refractivity contribution in [3.8, 4) is 11.5 Å². The van der Waals surface area contributed by atoms with Gasteiger partial charge < -0.3 is 15.2 Å². The number of nitrogens with two attached hydrogens (primary N) is 1. The van der Waals surface area contributed by atoms with E-state index in [-0.39, 0.29) is 24.9 Å². The minimum absolute atomic E-state index is 0. The Balaban J connectivity index is 0.00000256. The summed E-state index contributed by atoms with van der Waals surface area (Å²) in [5.74, 6) is 1.26. The van der Waals surface area contributed by atoms with Gasteiger partial charge in [-0.2, -0.15) is 0 Å². The van der Waals surface area contributed by atoms with Crippen molar-refractivity contribution in [2.24, 2.45) is 5.73 Å². The van der Waals surface area contributed by atoms with Crippen LogP contribution in [0.5, 0.6) is 11.5 Å². The molecule has 98 valence electrons. The molecule has 0 heterocycles. The summed E-state index contributed by atoms with van der Waals surface area (Å²) in [5.41, 5.74) is 6.64. The molecule has 0 spiro atoms. The van der Waals surface area contributed by atoms with Crippen molar-refractivity contribution in [3.05, 3.63) is 22.2 Å². The Labute approximate surface area is 115 Å². The lowest BCUT2D eigenvalue weighted by Crippen LogP contribution is -2.11. The SMILES string of the molecule is COc1cc([C@H](N)CCF)cc(OC)c1Br.Cl. The van der Waals surface area contributed by atoms with Gasteiger partial charge in [0.2, 0.25) is 0 Å². The monoisotopic (exact) mass is 327 g/mol. The maximum atomic E-state index is 12.2. The molecule has 3 nitrogen and oxygen atoms in total. The quantitative estimate of drug-likeness (QED) is 0.902. The van der Waals surface area contributed by atoms with Crippen molar-refractivity contribution in [2.45, 2.75) is 12.5 Å². The second kappa shape index (κ2) is 7.74. The van der Waals surface area contributed by atoms with Crippen molar-refractivity contribution in [1.82, 2.24) is 0 Å². The van der Waals surface area contributed by atoms with Crippen LogP contribution in [0.4, 0.5) is 4.39 Å². The third-order valence-corrected chi connectivity index (χ3v) is 3.10. The highest BCUT2D eigenvalue weighted by Gasteiger charge is 2.13. The maximum Gasteiger partial charge on any atom is 0.137 e. The maximum absolute atomic E-state index is 12.2. The number of rotatable bonds is 5. The molecule has 1 atom stereocenters. The zero-order valence-electron chi connectivity index (χ0n) is 9.70. The van der Waals surface area contributed by atoms with Crippen molar-refractivity contribution in [2.75, 3.05) is 20.9 Å². The van der Waals surface area contributed by atoms with Gasteiger partial charge in [-0.1, -0.05) is 0 Å². The summed E-state index contributed by atoms with van der Waals surface area (Å²) in [6.45, 7) is -0.443. The lowest BCUT2D eigenvalue weighted by atomic mass is 10.0. The Morgan fingerprint density at radius 3 is 2.12 bits per heavy atom. The highest BCUT2D eigenvalue weighted by molar-refractivity contribution is 9.10. The lowest BCUT2D eigenvalue weighted by Gasteiger charge is -2.15. The van der Waals surface area contributed by atoms with Crippen LogP contribution in [0.3, 0.4) is 0 Å². The zero-order valence-corrected chi connectivity index (χ0v) is 12.1. The smallest absolute Gasteiger partial charge is 0.137 e. The molecule has 0 saturated heterocycles. The Hall–Kier alpha value is -0.520. The van der Waals surface area contributed by atoms with Crippen molar-refractivity contribution >= 4 is 28.3 Å². The van der Waals surface area contributed by atoms with Gasteiger partial charge in [0, 0.05) is 6.04 Å². The Morgan fingerprint density at radius 1 is 1.29 bits per heavy atom. The van der Waals surface area contributed by atoms with E-state index in [0.717, 1.165) is 10.0 Å². The van der Waals surface area contributed by atoms with Gasteiger partial charge in [0.1, 0.15) is 16.0 Å². The van der Waals surface area contributed by atoms with Crippen molar-refractivity contribution in [3.63, 3.8) is 0 Å². The summed E-state index contributed by atoms with van der Waals surface area (Å²) in [6, 6.07) is 3.22. The van der Waals surface area contributed by atoms with E-state index in [4.69, 9.17) is 15.2 Å². The van der Waals surface area contributed by atoms with Gasteiger partial charge in [0.05, 0.1) is 20.9 Å². The molecule has 0 unspecified atom stereocenters. The summed E-state index contributed by atoms with van der Waals surface area (Å²) < 4.78 is 23.3. The van der Waals surface area contributed by atoms with E-state index < -0.39 is 6.67 Å². The van der Waals surface area contributed by atoms with Crippen LogP contribution in [-0.2, 0) is 0 Å². The third kappa shape index (κ3) is 4.01. The van der Waals surface area contributed by atoms with Crippen LogP contribution >= 0.6 is 28.3 Å². The first-order valence-corrected chi connectivity index (χ1v) is 5.66. The summed E-state index contributed by atoms with van der Waals surface area (Å²) in [6.07, 6.45) is 0.286. The Bertz CT molecular complexity index is 340. The molecule has 0 saturated carbocycles. The Morgan fingerprint density at radius 2 is 1.76 bits per heavy atom. The fraction of sp³-hybridized carbons (Fsp3) is 0.455. The number of hydrogen-bond donors (Lipinski definition) is 1. The van der Waals surface area contributed by atoms with Crippen LogP contribution in [0, 0.1) is 0 Å². The standard InChI is InChI=1S/C11H15BrFNO2.ClH/c1-15-9-5-7(8(14)3-4-13)6-10(16-2)11(9)12;/h5-6,8H,3-4,14H2,1-2H3;1H/t8-;/m1./s1. The highest BCUT2D eigenvalue weighted by Crippen LogP contribution is 2.37. The van der Waals surface area contributed by atoms with Gasteiger partial charge >= 0.3 is 0 Å². The van der Waals surface area contributed by atoms with E-state index in [1.165, 1.54) is 0 Å². The molecule has 0 aromatic heterocycles. The zero-order chi connectivity index (χ0) is 12.1. The third-order valence-electron chi connectivity index (χ3n) is 2.32. The van der Waals surface area contributed by atoms with E-state index in [2.05, 4.69) is 15.9 Å². The molecule has 0 aliphatic carbocycles. The second-order valence-corrected chi connectivity index (χ2v) is 4.12. The average molecular weight is 329 g/mol. The molecular formula is C11H16BrClFNO2. The molecule has 17 heavy (non-hydrogen) atoms. The van der Waals surface area contributed by atoms with E-state index in [1.807, 2.05) is 0 Å². The molecule has 0 fully saturated rings. The van der Waals surface area contributed by atoms with E-state index >= 15 is 0 Å². The minimum Gasteiger partial charge on any atom is -0.495 e. The summed E-state index contributed by atoms with van der Waals surface area (Å²) in [7, 11) is 3.12. The van der Waals surface area contributed by atoms with E-state index in [0.29, 0.717) is 11.5 Å². The first kappa shape index (κ1) is 16.5. The van der Waals surface area contributed by atoms with Crippen molar-refractivity contribution < 1.29 is 13.9 Å². The van der Waals surface area contributed by atoms with Crippen LogP contribution in [0.25, 0.3) is 0 Å². The van der Waals surface area contributed by atoms with Crippen LogP contribution in [-0.4, -0.2) is 20.9 Å². The molecule has 0 radical (unpaired) electrons. The number of benzene rings is 1. The normalized spacial score (nSPS) is 11.6. The minimum atomic E-state index is -0.443. The van der Waals surface area contributed by atoms with Gasteiger partial charge in [0.15, 0.2) is 0 Å². The molecule has 6 heteroatoms. The van der Waals surface area contributed by atoms with Crippen LogP contribution in [0.1, 0.15) is 18.0 Å². The molecule has 0 amide bonds. The second-order valence-electron chi connectivity index (χ2n) is 3.32. The number of alkyl halides is 1. The topological polar surface area (TPSA) is 44.5 Å². The van der Waals surface area contributed by atoms with Crippen LogP contribution in [0.15, 0.2) is 16.6 Å². The summed E-state index contributed by atoms with van der Waals surface area (Å²) in [4.78, 5) is 0. The van der Waals surface area contributed by atoms with Gasteiger partial charge in [0.25, 0.3) is 0 Å². The van der Waals surface area contributed by atoms with Crippen molar-refractivity contribution in [1.29, 1.82) is 0 Å². The largest absolute Gasteiger partial charge is 0.495 e. The number of halogens is 3. The van der Waals surface area contributed by atoms with Gasteiger partial charge in [-0.25, -0.2) is 0 Å². The van der Waals surface area contributed by atoms with E-state index in [9.17, 15) is 4.39 Å². The lowest BCUT2D eigenvalue weighted by molar-refractivity contribution is 0.386. The van der Waals surface area contributed by atoms with Gasteiger partial charge in [-0.3, -0.25) is 4.39 Å². The van der Waals surface area contributed by atoms with Crippen LogP contribution < -0.4 is 15.2 Å². The first-order chi connectivity index (χ1) is 7.63. The number of ether oxygens (including phenoxy) is 2. The molecular weight excluding hydrogens is 312 g/mol. The first-order valence-electron chi connectivity index (χ1n) is 4.87. The molecule has 0 aliphatic heterocycles. The summed E-state index contributed by atoms with van der Waals surface area (Å²) >= 11 is 3.36. The van der Waals surface area contributed by atoms with Crippen LogP contribution in [0.2, 0.25) is 0 Å². The predicted octanol–water partition coefficient (Wildman–Crippen LogP) is 3.25. The molecule has 0 bridgehead atoms. The fourth-order valence-corrected chi connectivity index (χ4v) is 1.94. The highest BCUT2D eigenvalue weighted by atomic mass is 79.9. The predicted molar refractivity (Wildman–Crippen MR) is 72.0 cm³/mol. The van der Waals surface area contributed by atoms with Gasteiger partial charge in [-0.15, -0.1) is 12.4 Å².